The third-order valence-electron chi connectivity index (χ3n) is 2.59. The minimum atomic E-state index is 0.337. The molecular weight excluding hydrogens is 264 g/mol. The summed E-state index contributed by atoms with van der Waals surface area (Å²) >= 11 is 6.09. The molecule has 0 aliphatic carbocycles. The van der Waals surface area contributed by atoms with Gasteiger partial charge in [-0.05, 0) is 30.3 Å². The van der Waals surface area contributed by atoms with Crippen LogP contribution >= 0.6 is 11.6 Å². The molecule has 2 N–H and O–H groups in total. The van der Waals surface area contributed by atoms with Crippen LogP contribution in [0.1, 0.15) is 0 Å². The molecule has 0 bridgehead atoms. The summed E-state index contributed by atoms with van der Waals surface area (Å²) < 4.78 is 5.22. The van der Waals surface area contributed by atoms with Crippen molar-refractivity contribution in [3.05, 3.63) is 47.7 Å². The van der Waals surface area contributed by atoms with E-state index in [1.54, 1.807) is 42.7 Å². The normalized spacial score (nSPS) is 10.6. The third-order valence-corrected chi connectivity index (χ3v) is 2.91. The van der Waals surface area contributed by atoms with Crippen LogP contribution in [-0.4, -0.2) is 15.1 Å². The molecule has 19 heavy (non-hydrogen) atoms. The molecule has 0 amide bonds. The van der Waals surface area contributed by atoms with E-state index in [0.29, 0.717) is 28.0 Å². The van der Waals surface area contributed by atoms with Gasteiger partial charge >= 0.3 is 0 Å². The lowest BCUT2D eigenvalue weighted by Gasteiger charge is -1.99. The monoisotopic (exact) mass is 272 g/mol. The standard InChI is InChI=1S/C13H9ClN4O/c14-11-2-1-9(15)7-10(11)13-17-12(18-19-13)8-3-5-16-6-4-8/h1-7H,15H2. The first kappa shape index (κ1) is 11.7. The quantitative estimate of drug-likeness (QED) is 0.726. The number of aromatic nitrogens is 3. The summed E-state index contributed by atoms with van der Waals surface area (Å²) in [4.78, 5) is 8.24. The van der Waals surface area contributed by atoms with Crippen LogP contribution in [0.3, 0.4) is 0 Å². The summed E-state index contributed by atoms with van der Waals surface area (Å²) in [6.45, 7) is 0. The third kappa shape index (κ3) is 2.28. The minimum absolute atomic E-state index is 0.337. The minimum Gasteiger partial charge on any atom is -0.399 e. The van der Waals surface area contributed by atoms with E-state index in [2.05, 4.69) is 15.1 Å². The van der Waals surface area contributed by atoms with Crippen LogP contribution in [-0.2, 0) is 0 Å². The highest BCUT2D eigenvalue weighted by Gasteiger charge is 2.13. The first-order valence-electron chi connectivity index (χ1n) is 5.53. The van der Waals surface area contributed by atoms with Crippen LogP contribution in [0, 0.1) is 0 Å². The molecule has 0 saturated heterocycles. The van der Waals surface area contributed by atoms with Crippen molar-refractivity contribution in [2.45, 2.75) is 0 Å². The predicted octanol–water partition coefficient (Wildman–Crippen LogP) is 3.03. The van der Waals surface area contributed by atoms with Crippen molar-refractivity contribution < 1.29 is 4.52 Å². The summed E-state index contributed by atoms with van der Waals surface area (Å²) in [5.74, 6) is 0.819. The van der Waals surface area contributed by atoms with Crippen LogP contribution < -0.4 is 5.73 Å². The highest BCUT2D eigenvalue weighted by atomic mass is 35.5. The summed E-state index contributed by atoms with van der Waals surface area (Å²) in [6, 6.07) is 8.71. The highest BCUT2D eigenvalue weighted by Crippen LogP contribution is 2.29. The fourth-order valence-corrected chi connectivity index (χ4v) is 1.86. The molecule has 0 aliphatic rings. The maximum Gasteiger partial charge on any atom is 0.259 e. The van der Waals surface area contributed by atoms with Crippen LogP contribution in [0.15, 0.2) is 47.2 Å². The van der Waals surface area contributed by atoms with Crippen molar-refractivity contribution in [2.24, 2.45) is 0 Å². The number of halogens is 1. The molecule has 0 aliphatic heterocycles. The Morgan fingerprint density at radius 1 is 1.11 bits per heavy atom. The predicted molar refractivity (Wildman–Crippen MR) is 72.4 cm³/mol. The van der Waals surface area contributed by atoms with Gasteiger partial charge in [-0.25, -0.2) is 0 Å². The number of nitrogens with zero attached hydrogens (tertiary/aromatic N) is 3. The Balaban J connectivity index is 2.04. The van der Waals surface area contributed by atoms with Gasteiger partial charge in [-0.3, -0.25) is 4.98 Å². The van der Waals surface area contributed by atoms with Gasteiger partial charge in [0.25, 0.3) is 5.89 Å². The molecule has 0 spiro atoms. The van der Waals surface area contributed by atoms with Crippen LogP contribution in [0.5, 0.6) is 0 Å². The second-order valence-electron chi connectivity index (χ2n) is 3.90. The summed E-state index contributed by atoms with van der Waals surface area (Å²) in [6.07, 6.45) is 3.33. The van der Waals surface area contributed by atoms with Crippen LogP contribution in [0.4, 0.5) is 5.69 Å². The molecule has 0 fully saturated rings. The van der Waals surface area contributed by atoms with E-state index in [1.807, 2.05) is 0 Å². The van der Waals surface area contributed by atoms with Crippen molar-refractivity contribution in [3.8, 4) is 22.8 Å². The van der Waals surface area contributed by atoms with Gasteiger partial charge in [-0.15, -0.1) is 0 Å². The number of rotatable bonds is 2. The van der Waals surface area contributed by atoms with E-state index >= 15 is 0 Å². The first-order chi connectivity index (χ1) is 9.24. The van der Waals surface area contributed by atoms with Gasteiger partial charge in [-0.1, -0.05) is 16.8 Å². The molecule has 0 atom stereocenters. The van der Waals surface area contributed by atoms with Crippen molar-refractivity contribution >= 4 is 17.3 Å². The Morgan fingerprint density at radius 2 is 1.89 bits per heavy atom. The van der Waals surface area contributed by atoms with Gasteiger partial charge in [0.1, 0.15) is 0 Å². The number of benzene rings is 1. The lowest BCUT2D eigenvalue weighted by molar-refractivity contribution is 0.432. The van der Waals surface area contributed by atoms with E-state index in [0.717, 1.165) is 5.56 Å². The van der Waals surface area contributed by atoms with E-state index < -0.39 is 0 Å². The number of nitrogen functional groups attached to an aromatic ring is 1. The van der Waals surface area contributed by atoms with Crippen molar-refractivity contribution in [1.82, 2.24) is 15.1 Å². The molecule has 5 nitrogen and oxygen atoms in total. The fraction of sp³-hybridized carbons (Fsp3) is 0. The Labute approximate surface area is 114 Å². The highest BCUT2D eigenvalue weighted by molar-refractivity contribution is 6.33. The topological polar surface area (TPSA) is 77.8 Å². The van der Waals surface area contributed by atoms with Crippen molar-refractivity contribution in [1.29, 1.82) is 0 Å². The number of pyridine rings is 1. The van der Waals surface area contributed by atoms with Crippen LogP contribution in [0.25, 0.3) is 22.8 Å². The maximum absolute atomic E-state index is 6.09. The molecule has 6 heteroatoms. The smallest absolute Gasteiger partial charge is 0.259 e. The molecule has 1 aromatic carbocycles. The average molecular weight is 273 g/mol. The number of nitrogens with two attached hydrogens (primary N) is 1. The van der Waals surface area contributed by atoms with Gasteiger partial charge in [0.15, 0.2) is 0 Å². The molecule has 0 saturated carbocycles. The Bertz CT molecular complexity index is 712. The molecule has 0 unspecified atom stereocenters. The molecule has 2 aromatic heterocycles. The summed E-state index contributed by atoms with van der Waals surface area (Å²) in [7, 11) is 0. The lowest BCUT2D eigenvalue weighted by Crippen LogP contribution is -1.87. The lowest BCUT2D eigenvalue weighted by atomic mass is 10.2. The van der Waals surface area contributed by atoms with Gasteiger partial charge in [0, 0.05) is 23.6 Å². The molecule has 2 heterocycles. The molecule has 3 rings (SSSR count). The van der Waals surface area contributed by atoms with E-state index in [9.17, 15) is 0 Å². The van der Waals surface area contributed by atoms with E-state index in [-0.39, 0.29) is 0 Å². The first-order valence-corrected chi connectivity index (χ1v) is 5.91. The zero-order chi connectivity index (χ0) is 13.2. The van der Waals surface area contributed by atoms with Gasteiger partial charge < -0.3 is 10.3 Å². The van der Waals surface area contributed by atoms with Gasteiger partial charge in [0.2, 0.25) is 5.82 Å². The number of hydrogen-bond donors (Lipinski definition) is 1. The Kier molecular flexibility index (Phi) is 2.89. The van der Waals surface area contributed by atoms with Gasteiger partial charge in [-0.2, -0.15) is 4.98 Å². The zero-order valence-corrected chi connectivity index (χ0v) is 10.5. The zero-order valence-electron chi connectivity index (χ0n) is 9.75. The summed E-state index contributed by atoms with van der Waals surface area (Å²) in [5, 5.41) is 4.43. The van der Waals surface area contributed by atoms with Crippen molar-refractivity contribution in [2.75, 3.05) is 5.73 Å². The second kappa shape index (κ2) is 4.70. The Hall–Kier alpha value is -2.40. The molecule has 3 aromatic rings. The largest absolute Gasteiger partial charge is 0.399 e. The maximum atomic E-state index is 6.09. The van der Waals surface area contributed by atoms with Crippen molar-refractivity contribution in [3.63, 3.8) is 0 Å². The molecule has 0 radical (unpaired) electrons. The fourth-order valence-electron chi connectivity index (χ4n) is 1.66. The summed E-state index contributed by atoms with van der Waals surface area (Å²) in [5.41, 5.74) is 7.76. The average Bonchev–Trinajstić information content (AvgIpc) is 2.92. The Morgan fingerprint density at radius 3 is 2.68 bits per heavy atom. The SMILES string of the molecule is Nc1ccc(Cl)c(-c2nc(-c3ccncc3)no2)c1. The molecular formula is C13H9ClN4O. The number of hydrogen-bond acceptors (Lipinski definition) is 5. The van der Waals surface area contributed by atoms with Crippen LogP contribution in [0.2, 0.25) is 5.02 Å². The van der Waals surface area contributed by atoms with Gasteiger partial charge in [0.05, 0.1) is 10.6 Å². The molecule has 94 valence electrons. The second-order valence-corrected chi connectivity index (χ2v) is 4.31. The number of anilines is 1. The van der Waals surface area contributed by atoms with E-state index in [1.165, 1.54) is 0 Å². The van der Waals surface area contributed by atoms with E-state index in [4.69, 9.17) is 21.9 Å².